The summed E-state index contributed by atoms with van der Waals surface area (Å²) in [6.45, 7) is 1.78. The number of carbonyl (C=O) groups excluding carboxylic acids is 1. The Balaban J connectivity index is 1.85. The number of nitriles is 1. The Morgan fingerprint density at radius 1 is 1.06 bits per heavy atom. The third-order valence-electron chi connectivity index (χ3n) is 4.65. The number of anilines is 1. The molecular weight excluding hydrogens is 540 g/mol. The van der Waals surface area contributed by atoms with Crippen LogP contribution in [0.4, 0.5) is 18.9 Å². The van der Waals surface area contributed by atoms with Gasteiger partial charge in [-0.15, -0.1) is 0 Å². The summed E-state index contributed by atoms with van der Waals surface area (Å²) in [6, 6.07) is 13.8. The van der Waals surface area contributed by atoms with Gasteiger partial charge in [-0.1, -0.05) is 47.0 Å². The van der Waals surface area contributed by atoms with Crippen LogP contribution in [0.3, 0.4) is 0 Å². The first-order valence-electron chi connectivity index (χ1n) is 9.91. The lowest BCUT2D eigenvalue weighted by Gasteiger charge is -2.12. The fourth-order valence-corrected chi connectivity index (χ4v) is 4.53. The number of rotatable bonds is 6. The Hall–Kier alpha value is -3.52. The second-order valence-electron chi connectivity index (χ2n) is 7.37. The molecule has 0 heterocycles. The monoisotopic (exact) mass is 554 g/mol. The minimum atomic E-state index is -4.61. The molecule has 0 atom stereocenters. The molecule has 12 heteroatoms. The van der Waals surface area contributed by atoms with Gasteiger partial charge in [0, 0.05) is 5.69 Å². The second kappa shape index (κ2) is 10.6. The van der Waals surface area contributed by atoms with Crippen LogP contribution in [0.5, 0.6) is 5.75 Å². The highest BCUT2D eigenvalue weighted by Gasteiger charge is 2.30. The molecule has 0 aromatic heterocycles. The fraction of sp³-hybridized carbons (Fsp3) is 0.0833. The first-order chi connectivity index (χ1) is 16.8. The number of halogens is 5. The van der Waals surface area contributed by atoms with Crippen LogP contribution in [0.2, 0.25) is 10.0 Å². The second-order valence-corrected chi connectivity index (χ2v) is 9.73. The number of carbonyl (C=O) groups is 1. The maximum absolute atomic E-state index is 12.9. The van der Waals surface area contributed by atoms with E-state index in [4.69, 9.17) is 27.4 Å². The summed E-state index contributed by atoms with van der Waals surface area (Å²) in [4.78, 5) is 12.3. The molecule has 0 spiro atoms. The molecule has 0 saturated heterocycles. The van der Waals surface area contributed by atoms with Crippen molar-refractivity contribution in [2.24, 2.45) is 0 Å². The Morgan fingerprint density at radius 2 is 1.67 bits per heavy atom. The molecule has 3 rings (SSSR count). The number of hydrogen-bond acceptors (Lipinski definition) is 5. The molecule has 0 unspecified atom stereocenters. The molecule has 0 aliphatic heterocycles. The van der Waals surface area contributed by atoms with Crippen LogP contribution in [-0.2, 0) is 21.1 Å². The van der Waals surface area contributed by atoms with Gasteiger partial charge < -0.3 is 9.50 Å². The van der Waals surface area contributed by atoms with E-state index < -0.39 is 33.3 Å². The zero-order chi connectivity index (χ0) is 26.7. The lowest BCUT2D eigenvalue weighted by molar-refractivity contribution is -0.137. The van der Waals surface area contributed by atoms with Gasteiger partial charge in [-0.2, -0.15) is 26.9 Å². The summed E-state index contributed by atoms with van der Waals surface area (Å²) in [5, 5.41) is 11.2. The van der Waals surface area contributed by atoms with Crippen molar-refractivity contribution in [1.82, 2.24) is 0 Å². The lowest BCUT2D eigenvalue weighted by atomic mass is 10.1. The SMILES string of the molecule is Cc1ccc(S(=O)(=O)Oc2c(Cl)cc(/C=C(\C#N)C(=O)Nc3cccc(C(F)(F)F)c3)cc2Cl)cc1. The van der Waals surface area contributed by atoms with E-state index in [1.54, 1.807) is 25.1 Å². The molecule has 0 fully saturated rings. The molecule has 0 aliphatic carbocycles. The predicted octanol–water partition coefficient (Wildman–Crippen LogP) is 6.63. The van der Waals surface area contributed by atoms with Crippen LogP contribution in [0.25, 0.3) is 6.08 Å². The molecule has 0 bridgehead atoms. The molecule has 0 aliphatic rings. The van der Waals surface area contributed by atoms with Gasteiger partial charge in [0.05, 0.1) is 15.6 Å². The quantitative estimate of drug-likeness (QED) is 0.209. The van der Waals surface area contributed by atoms with Gasteiger partial charge in [0.25, 0.3) is 5.91 Å². The van der Waals surface area contributed by atoms with Crippen molar-refractivity contribution in [2.45, 2.75) is 18.0 Å². The van der Waals surface area contributed by atoms with Crippen molar-refractivity contribution in [3.63, 3.8) is 0 Å². The Kier molecular flexibility index (Phi) is 7.99. The highest BCUT2D eigenvalue weighted by atomic mass is 35.5. The van der Waals surface area contributed by atoms with Crippen LogP contribution in [0, 0.1) is 18.3 Å². The number of alkyl halides is 3. The van der Waals surface area contributed by atoms with Crippen molar-refractivity contribution in [2.75, 3.05) is 5.32 Å². The molecule has 0 saturated carbocycles. The van der Waals surface area contributed by atoms with Gasteiger partial charge in [0.2, 0.25) is 0 Å². The summed E-state index contributed by atoms with van der Waals surface area (Å²) in [7, 11) is -4.26. The van der Waals surface area contributed by atoms with Crippen LogP contribution < -0.4 is 9.50 Å². The van der Waals surface area contributed by atoms with Crippen LogP contribution in [0.1, 0.15) is 16.7 Å². The normalized spacial score (nSPS) is 12.1. The van der Waals surface area contributed by atoms with E-state index in [1.165, 1.54) is 30.3 Å². The van der Waals surface area contributed by atoms with Gasteiger partial charge in [-0.25, -0.2) is 0 Å². The van der Waals surface area contributed by atoms with E-state index >= 15 is 0 Å². The number of nitrogens with zero attached hydrogens (tertiary/aromatic N) is 1. The summed E-state index contributed by atoms with van der Waals surface area (Å²) in [6.07, 6.45) is -3.53. The van der Waals surface area contributed by atoms with Gasteiger partial charge in [0.1, 0.15) is 16.5 Å². The number of benzene rings is 3. The first kappa shape index (κ1) is 27.1. The van der Waals surface area contributed by atoms with E-state index in [0.717, 1.165) is 29.8 Å². The number of aryl methyl sites for hydroxylation is 1. The third-order valence-corrected chi connectivity index (χ3v) is 6.44. The summed E-state index contributed by atoms with van der Waals surface area (Å²) in [5.74, 6) is -1.34. The highest BCUT2D eigenvalue weighted by molar-refractivity contribution is 7.87. The van der Waals surface area contributed by atoms with Gasteiger partial charge in [-0.3, -0.25) is 4.79 Å². The molecule has 1 N–H and O–H groups in total. The molecule has 3 aromatic rings. The van der Waals surface area contributed by atoms with Crippen molar-refractivity contribution in [3.05, 3.63) is 93.0 Å². The fourth-order valence-electron chi connectivity index (χ4n) is 2.89. The smallest absolute Gasteiger partial charge is 0.376 e. The predicted molar refractivity (Wildman–Crippen MR) is 129 cm³/mol. The summed E-state index contributed by atoms with van der Waals surface area (Å²) in [5.41, 5.74) is -0.637. The van der Waals surface area contributed by atoms with Crippen molar-refractivity contribution >= 4 is 51.0 Å². The van der Waals surface area contributed by atoms with E-state index in [0.29, 0.717) is 0 Å². The Bertz CT molecular complexity index is 1470. The highest BCUT2D eigenvalue weighted by Crippen LogP contribution is 2.37. The topological polar surface area (TPSA) is 96.3 Å². The van der Waals surface area contributed by atoms with E-state index in [9.17, 15) is 31.6 Å². The lowest BCUT2D eigenvalue weighted by Crippen LogP contribution is -2.14. The molecule has 3 aromatic carbocycles. The molecule has 186 valence electrons. The van der Waals surface area contributed by atoms with E-state index in [1.807, 2.05) is 0 Å². The van der Waals surface area contributed by atoms with Crippen LogP contribution >= 0.6 is 23.2 Å². The molecule has 36 heavy (non-hydrogen) atoms. The van der Waals surface area contributed by atoms with Crippen LogP contribution in [0.15, 0.2) is 71.1 Å². The van der Waals surface area contributed by atoms with Gasteiger partial charge in [0.15, 0.2) is 5.75 Å². The number of nitrogens with one attached hydrogen (secondary N) is 1. The number of amides is 1. The average molecular weight is 555 g/mol. The molecule has 0 radical (unpaired) electrons. The molecule has 6 nitrogen and oxygen atoms in total. The zero-order valence-corrected chi connectivity index (χ0v) is 20.6. The summed E-state index contributed by atoms with van der Waals surface area (Å²) < 4.78 is 68.9. The van der Waals surface area contributed by atoms with Gasteiger partial charge >= 0.3 is 16.3 Å². The number of hydrogen-bond donors (Lipinski definition) is 1. The maximum atomic E-state index is 12.9. The largest absolute Gasteiger partial charge is 0.416 e. The minimum absolute atomic E-state index is 0.123. The van der Waals surface area contributed by atoms with Crippen molar-refractivity contribution in [1.29, 1.82) is 5.26 Å². The molecular formula is C24H15Cl2F3N2O4S. The van der Waals surface area contributed by atoms with Gasteiger partial charge in [-0.05, 0) is 61.0 Å². The van der Waals surface area contributed by atoms with Crippen LogP contribution in [-0.4, -0.2) is 14.3 Å². The summed E-state index contributed by atoms with van der Waals surface area (Å²) >= 11 is 12.3. The standard InChI is InChI=1S/C24H15Cl2F3N2O4S/c1-14-5-7-19(8-6-14)36(33,34)35-22-20(25)10-15(11-21(22)26)9-16(13-30)23(32)31-18-4-2-3-17(12-18)24(27,28)29/h2-12H,1H3,(H,31,32)/b16-9+. The third kappa shape index (κ3) is 6.57. The molecule has 1 amide bonds. The van der Waals surface area contributed by atoms with Crippen molar-refractivity contribution in [3.8, 4) is 11.8 Å². The van der Waals surface area contributed by atoms with Crippen molar-refractivity contribution < 1.29 is 30.6 Å². The average Bonchev–Trinajstić information content (AvgIpc) is 2.79. The van der Waals surface area contributed by atoms with E-state index in [2.05, 4.69) is 5.32 Å². The van der Waals surface area contributed by atoms with E-state index in [-0.39, 0.29) is 31.9 Å². The Labute approximate surface area is 214 Å². The minimum Gasteiger partial charge on any atom is -0.376 e. The first-order valence-corrected chi connectivity index (χ1v) is 12.1. The zero-order valence-electron chi connectivity index (χ0n) is 18.2. The Morgan fingerprint density at radius 3 is 2.22 bits per heavy atom. The maximum Gasteiger partial charge on any atom is 0.416 e.